The molecule has 1 aromatic carbocycles. The van der Waals surface area contributed by atoms with Crippen molar-refractivity contribution in [2.75, 3.05) is 38.2 Å². The number of fused-ring (bicyclic) bond motifs is 3. The third kappa shape index (κ3) is 4.08. The van der Waals surface area contributed by atoms with E-state index in [-0.39, 0.29) is 11.5 Å². The molecule has 2 aromatic heterocycles. The standard InChI is InChI=1S/C21H22N4O5S2/c26-18(12-30-20-19-16-5-2-6-17(16)31-21(19)23-13-22-20)24-14-3-1-4-15(11-14)32(27,28)25-7-9-29-10-8-25/h1,3-4,11,13H,2,5-10,12H2,(H,24,26). The first kappa shape index (κ1) is 21.3. The SMILES string of the molecule is O=C(COc1ncnc2sc3c(c12)CCC3)Nc1cccc(S(=O)(=O)N2CCOCC2)c1. The van der Waals surface area contributed by atoms with Gasteiger partial charge in [-0.2, -0.15) is 4.31 Å². The number of hydrogen-bond donors (Lipinski definition) is 1. The second kappa shape index (κ2) is 8.74. The van der Waals surface area contributed by atoms with Crippen LogP contribution in [-0.4, -0.2) is 61.5 Å². The predicted molar refractivity (Wildman–Crippen MR) is 120 cm³/mol. The van der Waals surface area contributed by atoms with Gasteiger partial charge in [0, 0.05) is 23.7 Å². The van der Waals surface area contributed by atoms with E-state index in [4.69, 9.17) is 9.47 Å². The van der Waals surface area contributed by atoms with Gasteiger partial charge in [0.05, 0.1) is 23.5 Å². The normalized spacial score (nSPS) is 16.8. The highest BCUT2D eigenvalue weighted by atomic mass is 32.2. The Balaban J connectivity index is 1.27. The number of morpholine rings is 1. The van der Waals surface area contributed by atoms with Crippen molar-refractivity contribution in [3.63, 3.8) is 0 Å². The molecule has 1 fully saturated rings. The first-order valence-electron chi connectivity index (χ1n) is 10.4. The molecule has 1 N–H and O–H groups in total. The number of carbonyl (C=O) groups excluding carboxylic acids is 1. The maximum absolute atomic E-state index is 12.8. The lowest BCUT2D eigenvalue weighted by atomic mass is 10.2. The third-order valence-electron chi connectivity index (χ3n) is 5.53. The number of anilines is 1. The first-order valence-corrected chi connectivity index (χ1v) is 12.6. The minimum Gasteiger partial charge on any atom is -0.467 e. The number of nitrogens with zero attached hydrogens (tertiary/aromatic N) is 3. The molecule has 0 unspecified atom stereocenters. The molecular formula is C21H22N4O5S2. The van der Waals surface area contributed by atoms with Crippen LogP contribution in [0.3, 0.4) is 0 Å². The van der Waals surface area contributed by atoms with Crippen molar-refractivity contribution in [3.05, 3.63) is 41.0 Å². The minimum atomic E-state index is -3.64. The zero-order valence-electron chi connectivity index (χ0n) is 17.2. The lowest BCUT2D eigenvalue weighted by molar-refractivity contribution is -0.118. The van der Waals surface area contributed by atoms with E-state index in [0.29, 0.717) is 37.9 Å². The number of amides is 1. The number of thiophene rings is 1. The van der Waals surface area contributed by atoms with Crippen LogP contribution in [0.25, 0.3) is 10.2 Å². The molecule has 3 aromatic rings. The number of benzene rings is 1. The summed E-state index contributed by atoms with van der Waals surface area (Å²) in [5, 5.41) is 3.61. The van der Waals surface area contributed by atoms with Gasteiger partial charge in [0.25, 0.3) is 5.91 Å². The molecule has 0 saturated carbocycles. The van der Waals surface area contributed by atoms with Crippen molar-refractivity contribution in [3.8, 4) is 5.88 Å². The zero-order chi connectivity index (χ0) is 22.1. The van der Waals surface area contributed by atoms with Gasteiger partial charge in [-0.05, 0) is 43.0 Å². The van der Waals surface area contributed by atoms with Crippen molar-refractivity contribution in [1.82, 2.24) is 14.3 Å². The Kier molecular flexibility index (Phi) is 5.80. The Bertz CT molecular complexity index is 1270. The Hall–Kier alpha value is -2.60. The lowest BCUT2D eigenvalue weighted by Crippen LogP contribution is -2.40. The number of ether oxygens (including phenoxy) is 2. The van der Waals surface area contributed by atoms with E-state index < -0.39 is 15.9 Å². The Morgan fingerprint density at radius 1 is 1.22 bits per heavy atom. The van der Waals surface area contributed by atoms with Crippen LogP contribution in [0.2, 0.25) is 0 Å². The summed E-state index contributed by atoms with van der Waals surface area (Å²) in [6, 6.07) is 6.22. The van der Waals surface area contributed by atoms with Crippen LogP contribution in [0.4, 0.5) is 5.69 Å². The lowest BCUT2D eigenvalue weighted by Gasteiger charge is -2.26. The van der Waals surface area contributed by atoms with Gasteiger partial charge in [0.15, 0.2) is 6.61 Å². The fourth-order valence-electron chi connectivity index (χ4n) is 4.01. The Labute approximate surface area is 189 Å². The van der Waals surface area contributed by atoms with Crippen molar-refractivity contribution < 1.29 is 22.7 Å². The molecule has 1 aliphatic carbocycles. The number of carbonyl (C=O) groups is 1. The largest absolute Gasteiger partial charge is 0.467 e. The Morgan fingerprint density at radius 2 is 2.06 bits per heavy atom. The first-order chi connectivity index (χ1) is 15.5. The molecule has 1 aliphatic heterocycles. The van der Waals surface area contributed by atoms with Crippen LogP contribution < -0.4 is 10.1 Å². The fourth-order valence-corrected chi connectivity index (χ4v) is 6.68. The van der Waals surface area contributed by atoms with Crippen LogP contribution in [0.5, 0.6) is 5.88 Å². The zero-order valence-corrected chi connectivity index (χ0v) is 18.9. The molecule has 11 heteroatoms. The summed E-state index contributed by atoms with van der Waals surface area (Å²) in [5.74, 6) is 0.0118. The second-order valence-corrected chi connectivity index (χ2v) is 10.6. The van der Waals surface area contributed by atoms with Crippen LogP contribution in [0.15, 0.2) is 35.5 Å². The summed E-state index contributed by atoms with van der Waals surface area (Å²) in [4.78, 5) is 23.4. The van der Waals surface area contributed by atoms with Crippen molar-refractivity contribution in [1.29, 1.82) is 0 Å². The molecule has 0 atom stereocenters. The van der Waals surface area contributed by atoms with Gasteiger partial charge in [0.1, 0.15) is 11.2 Å². The van der Waals surface area contributed by atoms with E-state index in [1.165, 1.54) is 33.2 Å². The average Bonchev–Trinajstić information content (AvgIpc) is 3.40. The highest BCUT2D eigenvalue weighted by molar-refractivity contribution is 7.89. The molecule has 5 rings (SSSR count). The highest BCUT2D eigenvalue weighted by Gasteiger charge is 2.26. The van der Waals surface area contributed by atoms with E-state index in [2.05, 4.69) is 15.3 Å². The highest BCUT2D eigenvalue weighted by Crippen LogP contribution is 2.39. The molecule has 0 radical (unpaired) electrons. The van der Waals surface area contributed by atoms with Gasteiger partial charge in [0.2, 0.25) is 15.9 Å². The summed E-state index contributed by atoms with van der Waals surface area (Å²) < 4.78 is 38.0. The molecular weight excluding hydrogens is 452 g/mol. The summed E-state index contributed by atoms with van der Waals surface area (Å²) in [7, 11) is -3.64. The molecule has 0 spiro atoms. The number of rotatable bonds is 6. The summed E-state index contributed by atoms with van der Waals surface area (Å²) in [5.41, 5.74) is 1.61. The smallest absolute Gasteiger partial charge is 0.262 e. The Morgan fingerprint density at radius 3 is 2.91 bits per heavy atom. The van der Waals surface area contributed by atoms with E-state index in [9.17, 15) is 13.2 Å². The number of nitrogens with one attached hydrogen (secondary N) is 1. The van der Waals surface area contributed by atoms with E-state index in [0.717, 1.165) is 29.5 Å². The van der Waals surface area contributed by atoms with Gasteiger partial charge in [-0.15, -0.1) is 11.3 Å². The van der Waals surface area contributed by atoms with Crippen LogP contribution in [0, 0.1) is 0 Å². The molecule has 1 saturated heterocycles. The summed E-state index contributed by atoms with van der Waals surface area (Å²) in [6.45, 7) is 1.13. The second-order valence-electron chi connectivity index (χ2n) is 7.60. The molecule has 9 nitrogen and oxygen atoms in total. The topological polar surface area (TPSA) is 111 Å². The molecule has 3 heterocycles. The molecule has 32 heavy (non-hydrogen) atoms. The molecule has 1 amide bonds. The van der Waals surface area contributed by atoms with Gasteiger partial charge < -0.3 is 14.8 Å². The quantitative estimate of drug-likeness (QED) is 0.583. The van der Waals surface area contributed by atoms with Gasteiger partial charge in [-0.1, -0.05) is 6.07 Å². The van der Waals surface area contributed by atoms with Crippen molar-refractivity contribution in [2.24, 2.45) is 0 Å². The molecule has 168 valence electrons. The fraction of sp³-hybridized carbons (Fsp3) is 0.381. The van der Waals surface area contributed by atoms with Gasteiger partial charge >= 0.3 is 0 Å². The van der Waals surface area contributed by atoms with Crippen molar-refractivity contribution >= 4 is 43.2 Å². The maximum atomic E-state index is 12.8. The maximum Gasteiger partial charge on any atom is 0.262 e. The summed E-state index contributed by atoms with van der Waals surface area (Å²) >= 11 is 1.65. The number of hydrogen-bond acceptors (Lipinski definition) is 8. The van der Waals surface area contributed by atoms with Gasteiger partial charge in [-0.25, -0.2) is 18.4 Å². The molecule has 0 bridgehead atoms. The van der Waals surface area contributed by atoms with Crippen LogP contribution in [0.1, 0.15) is 16.9 Å². The molecule has 2 aliphatic rings. The monoisotopic (exact) mass is 474 g/mol. The number of aryl methyl sites for hydroxylation is 2. The van der Waals surface area contributed by atoms with Crippen LogP contribution >= 0.6 is 11.3 Å². The third-order valence-corrected chi connectivity index (χ3v) is 8.63. The van der Waals surface area contributed by atoms with Crippen LogP contribution in [-0.2, 0) is 32.4 Å². The van der Waals surface area contributed by atoms with Crippen molar-refractivity contribution in [2.45, 2.75) is 24.2 Å². The average molecular weight is 475 g/mol. The van der Waals surface area contributed by atoms with E-state index in [1.54, 1.807) is 23.5 Å². The van der Waals surface area contributed by atoms with E-state index in [1.807, 2.05) is 0 Å². The van der Waals surface area contributed by atoms with E-state index >= 15 is 0 Å². The minimum absolute atomic E-state index is 0.129. The number of aromatic nitrogens is 2. The predicted octanol–water partition coefficient (Wildman–Crippen LogP) is 2.22. The summed E-state index contributed by atoms with van der Waals surface area (Å²) in [6.07, 6.45) is 4.56. The number of sulfonamides is 1. The van der Waals surface area contributed by atoms with Gasteiger partial charge in [-0.3, -0.25) is 4.79 Å².